The largest absolute Gasteiger partial charge is 0.467 e. The molecule has 24 heavy (non-hydrogen) atoms. The van der Waals surface area contributed by atoms with Crippen LogP contribution in [0, 0.1) is 5.92 Å². The Kier molecular flexibility index (Phi) is 5.40. The van der Waals surface area contributed by atoms with Gasteiger partial charge in [0.25, 0.3) is 0 Å². The van der Waals surface area contributed by atoms with E-state index in [4.69, 9.17) is 10.2 Å². The van der Waals surface area contributed by atoms with Gasteiger partial charge in [-0.25, -0.2) is 4.79 Å². The first-order valence-electron chi connectivity index (χ1n) is 8.73. The van der Waals surface area contributed by atoms with Gasteiger partial charge in [0.15, 0.2) is 0 Å². The van der Waals surface area contributed by atoms with E-state index in [0.29, 0.717) is 38.5 Å². The highest BCUT2D eigenvalue weighted by molar-refractivity contribution is 5.78. The maximum atomic E-state index is 12.4. The highest BCUT2D eigenvalue weighted by Gasteiger charge is 2.39. The Labute approximate surface area is 142 Å². The molecule has 0 saturated carbocycles. The number of piperidine rings is 2. The zero-order chi connectivity index (χ0) is 16.9. The number of urea groups is 1. The van der Waals surface area contributed by atoms with Crippen LogP contribution >= 0.6 is 0 Å². The Balaban J connectivity index is 1.54. The van der Waals surface area contributed by atoms with Crippen molar-refractivity contribution < 1.29 is 14.0 Å². The van der Waals surface area contributed by atoms with E-state index in [1.807, 2.05) is 21.9 Å². The van der Waals surface area contributed by atoms with Crippen LogP contribution in [0.4, 0.5) is 4.79 Å². The number of fused-ring (bicyclic) bond motifs is 1. The van der Waals surface area contributed by atoms with Gasteiger partial charge in [-0.3, -0.25) is 4.79 Å². The number of carbonyl (C=O) groups excluding carboxylic acids is 2. The SMILES string of the molecule is NCCCN1C(=O)CC[C@H]2CN(C(=O)NCc3ccco3)CC[C@H]21. The molecule has 0 aromatic carbocycles. The van der Waals surface area contributed by atoms with E-state index >= 15 is 0 Å². The lowest BCUT2D eigenvalue weighted by Crippen LogP contribution is -2.58. The summed E-state index contributed by atoms with van der Waals surface area (Å²) in [5.41, 5.74) is 5.59. The van der Waals surface area contributed by atoms with E-state index in [9.17, 15) is 9.59 Å². The van der Waals surface area contributed by atoms with Gasteiger partial charge in [0.05, 0.1) is 12.8 Å². The third-order valence-electron chi connectivity index (χ3n) is 5.03. The predicted molar refractivity (Wildman–Crippen MR) is 89.0 cm³/mol. The Morgan fingerprint density at radius 2 is 2.29 bits per heavy atom. The minimum absolute atomic E-state index is 0.0599. The van der Waals surface area contributed by atoms with Gasteiger partial charge in [-0.2, -0.15) is 0 Å². The molecule has 2 aliphatic rings. The van der Waals surface area contributed by atoms with Gasteiger partial charge >= 0.3 is 6.03 Å². The molecule has 7 nitrogen and oxygen atoms in total. The number of nitrogens with two attached hydrogens (primary N) is 1. The summed E-state index contributed by atoms with van der Waals surface area (Å²) in [5.74, 6) is 1.35. The van der Waals surface area contributed by atoms with Crippen molar-refractivity contribution >= 4 is 11.9 Å². The van der Waals surface area contributed by atoms with Crippen LogP contribution in [0.15, 0.2) is 22.8 Å². The minimum atomic E-state index is -0.0599. The van der Waals surface area contributed by atoms with Crippen LogP contribution in [0.25, 0.3) is 0 Å². The van der Waals surface area contributed by atoms with E-state index in [-0.39, 0.29) is 18.0 Å². The molecule has 3 N–H and O–H groups in total. The van der Waals surface area contributed by atoms with Crippen LogP contribution < -0.4 is 11.1 Å². The number of likely N-dealkylation sites (tertiary alicyclic amines) is 2. The quantitative estimate of drug-likeness (QED) is 0.845. The fourth-order valence-corrected chi connectivity index (χ4v) is 3.78. The number of furan rings is 1. The van der Waals surface area contributed by atoms with Crippen LogP contribution in [0.2, 0.25) is 0 Å². The maximum absolute atomic E-state index is 12.4. The molecule has 0 aliphatic carbocycles. The van der Waals surface area contributed by atoms with Crippen molar-refractivity contribution in [1.29, 1.82) is 0 Å². The Bertz CT molecular complexity index is 560. The Morgan fingerprint density at radius 3 is 3.04 bits per heavy atom. The van der Waals surface area contributed by atoms with E-state index in [2.05, 4.69) is 5.32 Å². The van der Waals surface area contributed by atoms with E-state index < -0.39 is 0 Å². The second-order valence-electron chi connectivity index (χ2n) is 6.57. The van der Waals surface area contributed by atoms with E-state index in [1.165, 1.54) is 0 Å². The first-order valence-corrected chi connectivity index (χ1v) is 8.73. The topological polar surface area (TPSA) is 91.8 Å². The second kappa shape index (κ2) is 7.70. The summed E-state index contributed by atoms with van der Waals surface area (Å²) in [6, 6.07) is 3.85. The average molecular weight is 334 g/mol. The normalized spacial score (nSPS) is 24.0. The monoisotopic (exact) mass is 334 g/mol. The fourth-order valence-electron chi connectivity index (χ4n) is 3.78. The maximum Gasteiger partial charge on any atom is 0.317 e. The Hall–Kier alpha value is -2.02. The molecule has 1 aromatic rings. The molecule has 0 spiro atoms. The summed E-state index contributed by atoms with van der Waals surface area (Å²) in [6.07, 6.45) is 4.72. The first-order chi connectivity index (χ1) is 11.7. The molecule has 7 heteroatoms. The lowest BCUT2D eigenvalue weighted by molar-refractivity contribution is -0.140. The molecular formula is C17H26N4O3. The van der Waals surface area contributed by atoms with E-state index in [1.54, 1.807) is 6.26 Å². The fraction of sp³-hybridized carbons (Fsp3) is 0.647. The molecular weight excluding hydrogens is 308 g/mol. The van der Waals surface area contributed by atoms with Crippen molar-refractivity contribution in [1.82, 2.24) is 15.1 Å². The van der Waals surface area contributed by atoms with Crippen LogP contribution in [0.5, 0.6) is 0 Å². The molecule has 2 fully saturated rings. The van der Waals surface area contributed by atoms with Crippen molar-refractivity contribution in [3.05, 3.63) is 24.2 Å². The number of hydrogen-bond acceptors (Lipinski definition) is 4. The zero-order valence-electron chi connectivity index (χ0n) is 13.9. The van der Waals surface area contributed by atoms with Crippen LogP contribution in [-0.4, -0.2) is 54.0 Å². The molecule has 3 rings (SSSR count). The van der Waals surface area contributed by atoms with Crippen LogP contribution in [0.3, 0.4) is 0 Å². The predicted octanol–water partition coefficient (Wildman–Crippen LogP) is 1.15. The number of hydrogen-bond donors (Lipinski definition) is 2. The lowest BCUT2D eigenvalue weighted by atomic mass is 9.83. The van der Waals surface area contributed by atoms with Crippen molar-refractivity contribution in [2.24, 2.45) is 11.7 Å². The third-order valence-corrected chi connectivity index (χ3v) is 5.03. The minimum Gasteiger partial charge on any atom is -0.467 e. The van der Waals surface area contributed by atoms with Crippen LogP contribution in [0.1, 0.15) is 31.4 Å². The summed E-state index contributed by atoms with van der Waals surface area (Å²) in [4.78, 5) is 28.4. The summed E-state index contributed by atoms with van der Waals surface area (Å²) < 4.78 is 5.23. The summed E-state index contributed by atoms with van der Waals surface area (Å²) in [6.45, 7) is 3.12. The zero-order valence-corrected chi connectivity index (χ0v) is 13.9. The molecule has 0 radical (unpaired) electrons. The standard InChI is InChI=1S/C17H26N4O3/c18-7-2-8-21-15-6-9-20(12-13(15)4-5-16(21)22)17(23)19-11-14-3-1-10-24-14/h1,3,10,13,15H,2,4-9,11-12,18H2,(H,19,23)/t13-,15+/m0/s1. The third kappa shape index (κ3) is 3.72. The number of rotatable bonds is 5. The number of nitrogens with zero attached hydrogens (tertiary/aromatic N) is 2. The highest BCUT2D eigenvalue weighted by Crippen LogP contribution is 2.31. The van der Waals surface area contributed by atoms with Gasteiger partial charge in [-0.05, 0) is 43.9 Å². The molecule has 0 bridgehead atoms. The molecule has 2 saturated heterocycles. The number of nitrogens with one attached hydrogen (secondary N) is 1. The van der Waals surface area contributed by atoms with Crippen molar-refractivity contribution in [3.63, 3.8) is 0 Å². The van der Waals surface area contributed by atoms with Gasteiger partial charge in [0.1, 0.15) is 5.76 Å². The second-order valence-corrected chi connectivity index (χ2v) is 6.57. The smallest absolute Gasteiger partial charge is 0.317 e. The summed E-state index contributed by atoms with van der Waals surface area (Å²) in [5, 5.41) is 2.90. The highest BCUT2D eigenvalue weighted by atomic mass is 16.3. The van der Waals surface area contributed by atoms with Gasteiger partial charge in [-0.1, -0.05) is 0 Å². The molecule has 3 heterocycles. The first kappa shape index (κ1) is 16.8. The molecule has 3 amide bonds. The van der Waals surface area contributed by atoms with Gasteiger partial charge < -0.3 is 25.3 Å². The molecule has 1 aromatic heterocycles. The van der Waals surface area contributed by atoms with Crippen molar-refractivity contribution in [3.8, 4) is 0 Å². The van der Waals surface area contributed by atoms with E-state index in [0.717, 1.165) is 31.6 Å². The lowest BCUT2D eigenvalue weighted by Gasteiger charge is -2.47. The average Bonchev–Trinajstić information content (AvgIpc) is 3.12. The molecule has 132 valence electrons. The summed E-state index contributed by atoms with van der Waals surface area (Å²) in [7, 11) is 0. The van der Waals surface area contributed by atoms with Gasteiger partial charge in [0.2, 0.25) is 5.91 Å². The molecule has 0 unspecified atom stereocenters. The number of amides is 3. The van der Waals surface area contributed by atoms with Crippen molar-refractivity contribution in [2.75, 3.05) is 26.2 Å². The number of carbonyl (C=O) groups is 2. The van der Waals surface area contributed by atoms with Gasteiger partial charge in [0, 0.05) is 32.1 Å². The van der Waals surface area contributed by atoms with Crippen molar-refractivity contribution in [2.45, 2.75) is 38.3 Å². The molecule has 2 aliphatic heterocycles. The Morgan fingerprint density at radius 1 is 1.42 bits per heavy atom. The van der Waals surface area contributed by atoms with Gasteiger partial charge in [-0.15, -0.1) is 0 Å². The summed E-state index contributed by atoms with van der Waals surface area (Å²) >= 11 is 0. The van der Waals surface area contributed by atoms with Crippen LogP contribution in [-0.2, 0) is 11.3 Å². The molecule has 2 atom stereocenters.